The molecule has 0 aromatic heterocycles. The number of carbonyl (C=O) groups excluding carboxylic acids is 1. The second-order valence-electron chi connectivity index (χ2n) is 5.59. The van der Waals surface area contributed by atoms with Gasteiger partial charge in [-0.25, -0.2) is 4.79 Å². The van der Waals surface area contributed by atoms with Gasteiger partial charge in [0.15, 0.2) is 0 Å². The number of allylic oxidation sites excluding steroid dienone is 1. The van der Waals surface area contributed by atoms with Crippen LogP contribution in [0.15, 0.2) is 12.3 Å². The summed E-state index contributed by atoms with van der Waals surface area (Å²) in [5.74, 6) is 0. The quantitative estimate of drug-likeness (QED) is 0.419. The molecule has 0 saturated heterocycles. The number of nitrogens with one attached hydrogen (secondary N) is 1. The van der Waals surface area contributed by atoms with Crippen LogP contribution in [0.3, 0.4) is 0 Å². The molecule has 0 saturated carbocycles. The van der Waals surface area contributed by atoms with E-state index >= 15 is 0 Å². The number of amides is 2. The third-order valence-electron chi connectivity index (χ3n) is 3.57. The molecule has 0 unspecified atom stereocenters. The van der Waals surface area contributed by atoms with Gasteiger partial charge in [0.25, 0.3) is 0 Å². The molecular formula is C17H34N2O. The van der Waals surface area contributed by atoms with Gasteiger partial charge in [0.1, 0.15) is 0 Å². The molecule has 2 amide bonds. The van der Waals surface area contributed by atoms with Gasteiger partial charge >= 0.3 is 6.03 Å². The Morgan fingerprint density at radius 3 is 1.75 bits per heavy atom. The Labute approximate surface area is 125 Å². The largest absolute Gasteiger partial charge is 0.351 e. The first kappa shape index (κ1) is 19.0. The molecule has 3 N–H and O–H groups in total. The molecule has 20 heavy (non-hydrogen) atoms. The van der Waals surface area contributed by atoms with Crippen LogP contribution in [-0.4, -0.2) is 6.03 Å². The Balaban J connectivity index is 3.02. The van der Waals surface area contributed by atoms with Crippen molar-refractivity contribution in [3.63, 3.8) is 0 Å². The molecule has 0 aliphatic heterocycles. The fourth-order valence-corrected chi connectivity index (χ4v) is 2.33. The van der Waals surface area contributed by atoms with E-state index in [9.17, 15) is 4.79 Å². The van der Waals surface area contributed by atoms with Crippen molar-refractivity contribution in [2.24, 2.45) is 5.73 Å². The Kier molecular flexibility index (Phi) is 15.3. The van der Waals surface area contributed by atoms with Crippen LogP contribution in [0.4, 0.5) is 4.79 Å². The topological polar surface area (TPSA) is 55.1 Å². The SMILES string of the molecule is CCCCCCCCCCCCCC/C=C/NC(N)=O. The van der Waals surface area contributed by atoms with Crippen LogP contribution in [0.25, 0.3) is 0 Å². The number of hydrogen-bond donors (Lipinski definition) is 2. The first-order chi connectivity index (χ1) is 9.77. The van der Waals surface area contributed by atoms with E-state index in [1.807, 2.05) is 6.08 Å². The van der Waals surface area contributed by atoms with Gasteiger partial charge in [-0.3, -0.25) is 0 Å². The van der Waals surface area contributed by atoms with Gasteiger partial charge < -0.3 is 11.1 Å². The number of nitrogens with two attached hydrogens (primary N) is 1. The third kappa shape index (κ3) is 17.0. The minimum atomic E-state index is -0.490. The lowest BCUT2D eigenvalue weighted by atomic mass is 10.0. The summed E-state index contributed by atoms with van der Waals surface area (Å²) in [6.07, 6.45) is 21.1. The van der Waals surface area contributed by atoms with Gasteiger partial charge in [-0.15, -0.1) is 0 Å². The van der Waals surface area contributed by atoms with Gasteiger partial charge in [0.2, 0.25) is 0 Å². The van der Waals surface area contributed by atoms with Gasteiger partial charge in [0, 0.05) is 6.20 Å². The van der Waals surface area contributed by atoms with Crippen LogP contribution in [0, 0.1) is 0 Å². The molecule has 0 heterocycles. The molecule has 0 rings (SSSR count). The smallest absolute Gasteiger partial charge is 0.316 e. The highest BCUT2D eigenvalue weighted by Crippen LogP contribution is 2.12. The number of hydrogen-bond acceptors (Lipinski definition) is 1. The Bertz CT molecular complexity index is 239. The monoisotopic (exact) mass is 282 g/mol. The molecule has 0 fully saturated rings. The number of primary amides is 1. The maximum absolute atomic E-state index is 10.4. The molecule has 3 heteroatoms. The minimum Gasteiger partial charge on any atom is -0.351 e. The van der Waals surface area contributed by atoms with E-state index in [2.05, 4.69) is 12.2 Å². The second-order valence-corrected chi connectivity index (χ2v) is 5.59. The summed E-state index contributed by atoms with van der Waals surface area (Å²) in [5.41, 5.74) is 4.95. The molecule has 3 nitrogen and oxygen atoms in total. The lowest BCUT2D eigenvalue weighted by Gasteiger charge is -2.02. The molecule has 0 aromatic carbocycles. The molecule has 0 atom stereocenters. The average Bonchev–Trinajstić information content (AvgIpc) is 2.43. The van der Waals surface area contributed by atoms with E-state index in [0.717, 1.165) is 6.42 Å². The van der Waals surface area contributed by atoms with Crippen LogP contribution in [0.2, 0.25) is 0 Å². The summed E-state index contributed by atoms with van der Waals surface area (Å²) < 4.78 is 0. The van der Waals surface area contributed by atoms with Crippen LogP contribution in [0.1, 0.15) is 90.4 Å². The lowest BCUT2D eigenvalue weighted by Crippen LogP contribution is -2.23. The van der Waals surface area contributed by atoms with E-state index in [1.165, 1.54) is 77.0 Å². The highest BCUT2D eigenvalue weighted by Gasteiger charge is 1.93. The van der Waals surface area contributed by atoms with Crippen molar-refractivity contribution in [3.05, 3.63) is 12.3 Å². The summed E-state index contributed by atoms with van der Waals surface area (Å²) in [5, 5.41) is 2.45. The molecule has 0 aliphatic carbocycles. The Hall–Kier alpha value is -0.990. The van der Waals surface area contributed by atoms with Crippen LogP contribution < -0.4 is 11.1 Å². The van der Waals surface area contributed by atoms with Crippen molar-refractivity contribution in [3.8, 4) is 0 Å². The van der Waals surface area contributed by atoms with E-state index in [4.69, 9.17) is 5.73 Å². The van der Waals surface area contributed by atoms with Crippen molar-refractivity contribution >= 4 is 6.03 Å². The first-order valence-corrected chi connectivity index (χ1v) is 8.48. The van der Waals surface area contributed by atoms with Crippen molar-refractivity contribution in [1.82, 2.24) is 5.32 Å². The zero-order chi connectivity index (χ0) is 14.9. The fourth-order valence-electron chi connectivity index (χ4n) is 2.33. The fraction of sp³-hybridized carbons (Fsp3) is 0.824. The van der Waals surface area contributed by atoms with Gasteiger partial charge in [-0.05, 0) is 12.8 Å². The van der Waals surface area contributed by atoms with Crippen molar-refractivity contribution in [2.75, 3.05) is 0 Å². The number of rotatable bonds is 14. The van der Waals surface area contributed by atoms with Crippen molar-refractivity contribution < 1.29 is 4.79 Å². The van der Waals surface area contributed by atoms with E-state index in [1.54, 1.807) is 6.20 Å². The van der Waals surface area contributed by atoms with Crippen molar-refractivity contribution in [1.29, 1.82) is 0 Å². The van der Waals surface area contributed by atoms with Crippen molar-refractivity contribution in [2.45, 2.75) is 90.4 Å². The average molecular weight is 282 g/mol. The van der Waals surface area contributed by atoms with E-state index in [-0.39, 0.29) is 0 Å². The van der Waals surface area contributed by atoms with E-state index in [0.29, 0.717) is 0 Å². The van der Waals surface area contributed by atoms with Crippen LogP contribution in [0.5, 0.6) is 0 Å². The molecule has 0 aliphatic rings. The second kappa shape index (κ2) is 16.1. The van der Waals surface area contributed by atoms with E-state index < -0.39 is 6.03 Å². The highest BCUT2D eigenvalue weighted by molar-refractivity contribution is 5.72. The molecule has 0 spiro atoms. The highest BCUT2D eigenvalue weighted by atomic mass is 16.2. The van der Waals surface area contributed by atoms with Crippen LogP contribution in [-0.2, 0) is 0 Å². The number of unbranched alkanes of at least 4 members (excludes halogenated alkanes) is 12. The number of carbonyl (C=O) groups is 1. The normalized spacial score (nSPS) is 11.1. The maximum atomic E-state index is 10.4. The molecule has 0 bridgehead atoms. The van der Waals surface area contributed by atoms with Crippen LogP contribution >= 0.6 is 0 Å². The predicted octanol–water partition coefficient (Wildman–Crippen LogP) is 5.26. The summed E-state index contributed by atoms with van der Waals surface area (Å²) in [7, 11) is 0. The Morgan fingerprint density at radius 1 is 0.850 bits per heavy atom. The zero-order valence-electron chi connectivity index (χ0n) is 13.3. The van der Waals surface area contributed by atoms with Gasteiger partial charge in [0.05, 0.1) is 0 Å². The summed E-state index contributed by atoms with van der Waals surface area (Å²) in [6, 6.07) is -0.490. The Morgan fingerprint density at radius 2 is 1.30 bits per heavy atom. The van der Waals surface area contributed by atoms with Gasteiger partial charge in [-0.2, -0.15) is 0 Å². The lowest BCUT2D eigenvalue weighted by molar-refractivity contribution is 0.252. The molecular weight excluding hydrogens is 248 g/mol. The zero-order valence-corrected chi connectivity index (χ0v) is 13.3. The molecule has 0 radical (unpaired) electrons. The molecule has 118 valence electrons. The predicted molar refractivity (Wildman–Crippen MR) is 87.6 cm³/mol. The first-order valence-electron chi connectivity index (χ1n) is 8.48. The minimum absolute atomic E-state index is 0.490. The standard InChI is InChI=1S/C17H34N2O/c1-2-3-4-5-6-7-8-9-10-11-12-13-14-15-16-19-17(18)20/h15-16H,2-14H2,1H3,(H3,18,19,20)/b16-15+. The summed E-state index contributed by atoms with van der Waals surface area (Å²) in [6.45, 7) is 2.27. The summed E-state index contributed by atoms with van der Waals surface area (Å²) >= 11 is 0. The maximum Gasteiger partial charge on any atom is 0.316 e. The van der Waals surface area contributed by atoms with Gasteiger partial charge in [-0.1, -0.05) is 83.6 Å². The number of urea groups is 1. The summed E-state index contributed by atoms with van der Waals surface area (Å²) in [4.78, 5) is 10.4. The third-order valence-corrected chi connectivity index (χ3v) is 3.57. The molecule has 0 aromatic rings.